The highest BCUT2D eigenvalue weighted by molar-refractivity contribution is 7.71. The molecule has 1 amide bonds. The van der Waals surface area contributed by atoms with Crippen LogP contribution in [0.2, 0.25) is 0 Å². The minimum Gasteiger partial charge on any atom is -0.494 e. The van der Waals surface area contributed by atoms with Crippen LogP contribution < -0.4 is 10.3 Å². The quantitative estimate of drug-likeness (QED) is 0.269. The van der Waals surface area contributed by atoms with E-state index >= 15 is 0 Å². The highest BCUT2D eigenvalue weighted by atomic mass is 32.1. The van der Waals surface area contributed by atoms with Gasteiger partial charge in [-0.1, -0.05) is 48.5 Å². The maximum absolute atomic E-state index is 12.9. The number of aromatic nitrogens is 2. The fourth-order valence-electron chi connectivity index (χ4n) is 4.37. The van der Waals surface area contributed by atoms with Crippen molar-refractivity contribution in [3.63, 3.8) is 0 Å². The van der Waals surface area contributed by atoms with E-state index in [0.29, 0.717) is 35.8 Å². The maximum atomic E-state index is 12.9. The molecule has 1 aliphatic heterocycles. The molecule has 5 rings (SSSR count). The van der Waals surface area contributed by atoms with Crippen molar-refractivity contribution in [2.45, 2.75) is 25.9 Å². The Morgan fingerprint density at radius 3 is 2.33 bits per heavy atom. The molecule has 1 saturated heterocycles. The Hall–Kier alpha value is -4.63. The van der Waals surface area contributed by atoms with Crippen LogP contribution in [0.25, 0.3) is 11.8 Å². The van der Waals surface area contributed by atoms with Crippen LogP contribution in [0.5, 0.6) is 17.4 Å². The number of nitrogens with one attached hydrogen (secondary N) is 1. The van der Waals surface area contributed by atoms with Gasteiger partial charge in [-0.3, -0.25) is 19.2 Å². The van der Waals surface area contributed by atoms with Crippen molar-refractivity contribution in [1.82, 2.24) is 14.5 Å². The monoisotopic (exact) mass is 541 g/mol. The zero-order chi connectivity index (χ0) is 27.2. The number of aromatic hydroxyl groups is 1. The van der Waals surface area contributed by atoms with Crippen molar-refractivity contribution in [2.75, 3.05) is 6.54 Å². The summed E-state index contributed by atoms with van der Waals surface area (Å²) in [6.45, 7) is 0.601. The molecule has 1 aromatic heterocycles. The van der Waals surface area contributed by atoms with Crippen molar-refractivity contribution in [3.05, 3.63) is 117 Å². The maximum Gasteiger partial charge on any atom is 0.414 e. The summed E-state index contributed by atoms with van der Waals surface area (Å²) in [5, 5.41) is 11.2. The van der Waals surface area contributed by atoms with E-state index in [9.17, 15) is 14.7 Å². The van der Waals surface area contributed by atoms with Crippen molar-refractivity contribution < 1.29 is 19.4 Å². The van der Waals surface area contributed by atoms with Gasteiger partial charge in [0.1, 0.15) is 23.7 Å². The van der Waals surface area contributed by atoms with Crippen LogP contribution in [0.1, 0.15) is 30.4 Å². The van der Waals surface area contributed by atoms with Gasteiger partial charge in [-0.25, -0.2) is 4.79 Å². The van der Waals surface area contributed by atoms with Crippen LogP contribution in [0, 0.1) is 4.77 Å². The SMILES string of the molecule is O=C(OCc1ccccc1)N1CCCCC1=Cc1c(O)n(-c2ccc(Oc3ccccc3)cc2)c(=S)[nH]c1=O. The Morgan fingerprint density at radius 2 is 1.62 bits per heavy atom. The van der Waals surface area contributed by atoms with E-state index in [-0.39, 0.29) is 22.8 Å². The topological polar surface area (TPSA) is 96.8 Å². The molecule has 39 heavy (non-hydrogen) atoms. The molecule has 0 unspecified atom stereocenters. The summed E-state index contributed by atoms with van der Waals surface area (Å²) in [6, 6.07) is 25.8. The second-order valence-electron chi connectivity index (χ2n) is 9.03. The fraction of sp³-hybridized carbons (Fsp3) is 0.167. The molecular weight excluding hydrogens is 514 g/mol. The molecule has 9 heteroatoms. The highest BCUT2D eigenvalue weighted by Gasteiger charge is 2.24. The minimum atomic E-state index is -0.548. The summed E-state index contributed by atoms with van der Waals surface area (Å²) < 4.78 is 12.8. The van der Waals surface area contributed by atoms with Crippen LogP contribution in [0.15, 0.2) is 95.4 Å². The summed E-state index contributed by atoms with van der Waals surface area (Å²) >= 11 is 5.37. The molecule has 2 N–H and O–H groups in total. The fourth-order valence-corrected chi connectivity index (χ4v) is 4.66. The average molecular weight is 542 g/mol. The lowest BCUT2D eigenvalue weighted by molar-refractivity contribution is 0.102. The molecule has 0 spiro atoms. The Kier molecular flexibility index (Phi) is 7.88. The molecule has 8 nitrogen and oxygen atoms in total. The number of amides is 1. The largest absolute Gasteiger partial charge is 0.494 e. The number of ether oxygens (including phenoxy) is 2. The van der Waals surface area contributed by atoms with Crippen molar-refractivity contribution in [2.24, 2.45) is 0 Å². The van der Waals surface area contributed by atoms with E-state index in [4.69, 9.17) is 21.7 Å². The van der Waals surface area contributed by atoms with Crippen molar-refractivity contribution in [3.8, 4) is 23.1 Å². The standard InChI is InChI=1S/C30H27N3O5S/c34-27-26(19-23-11-7-8-18-32(23)30(36)37-20-21-9-3-1-4-10-21)28(35)33(29(39)31-27)22-14-16-25(17-15-22)38-24-12-5-2-6-13-24/h1-6,9-10,12-17,19,35H,7-8,11,18,20H2,(H,31,34,39). The Bertz CT molecular complexity index is 1600. The van der Waals surface area contributed by atoms with Gasteiger partial charge in [0.15, 0.2) is 4.77 Å². The third-order valence-electron chi connectivity index (χ3n) is 6.34. The molecule has 0 saturated carbocycles. The van der Waals surface area contributed by atoms with Crippen LogP contribution >= 0.6 is 12.2 Å². The van der Waals surface area contributed by atoms with Gasteiger partial charge in [-0.05, 0) is 79.5 Å². The molecule has 1 fully saturated rings. The molecule has 0 atom stereocenters. The summed E-state index contributed by atoms with van der Waals surface area (Å²) in [7, 11) is 0. The highest BCUT2D eigenvalue weighted by Crippen LogP contribution is 2.28. The number of likely N-dealkylation sites (tertiary alicyclic amines) is 1. The first-order valence-electron chi connectivity index (χ1n) is 12.6. The predicted octanol–water partition coefficient (Wildman–Crippen LogP) is 6.56. The van der Waals surface area contributed by atoms with E-state index < -0.39 is 11.7 Å². The second-order valence-corrected chi connectivity index (χ2v) is 9.41. The molecule has 4 aromatic rings. The summed E-state index contributed by atoms with van der Waals surface area (Å²) in [4.78, 5) is 29.9. The first kappa shape index (κ1) is 26.0. The zero-order valence-corrected chi connectivity index (χ0v) is 21.9. The van der Waals surface area contributed by atoms with Gasteiger partial charge < -0.3 is 14.6 Å². The van der Waals surface area contributed by atoms with Crippen LogP contribution in [-0.4, -0.2) is 32.2 Å². The molecule has 2 heterocycles. The van der Waals surface area contributed by atoms with E-state index in [0.717, 1.165) is 18.4 Å². The van der Waals surface area contributed by atoms with Crippen LogP contribution in [0.4, 0.5) is 4.79 Å². The van der Waals surface area contributed by atoms with Crippen LogP contribution in [-0.2, 0) is 11.3 Å². The first-order chi connectivity index (χ1) is 19.0. The van der Waals surface area contributed by atoms with Gasteiger partial charge in [0.2, 0.25) is 5.88 Å². The third-order valence-corrected chi connectivity index (χ3v) is 6.63. The summed E-state index contributed by atoms with van der Waals surface area (Å²) in [6.07, 6.45) is 3.25. The molecule has 3 aromatic carbocycles. The van der Waals surface area contributed by atoms with Gasteiger partial charge in [-0.15, -0.1) is 0 Å². The van der Waals surface area contributed by atoms with E-state index in [1.807, 2.05) is 60.7 Å². The number of piperidine rings is 1. The summed E-state index contributed by atoms with van der Waals surface area (Å²) in [5.41, 5.74) is 1.47. The Labute approximate surface area is 230 Å². The Morgan fingerprint density at radius 1 is 0.949 bits per heavy atom. The number of hydrogen-bond acceptors (Lipinski definition) is 6. The lowest BCUT2D eigenvalue weighted by atomic mass is 10.1. The first-order valence-corrected chi connectivity index (χ1v) is 13.0. The molecule has 0 radical (unpaired) electrons. The predicted molar refractivity (Wildman–Crippen MR) is 151 cm³/mol. The smallest absolute Gasteiger partial charge is 0.414 e. The number of hydrogen-bond donors (Lipinski definition) is 2. The number of rotatable bonds is 6. The van der Waals surface area contributed by atoms with Gasteiger partial charge in [0.05, 0.1) is 5.69 Å². The van der Waals surface area contributed by atoms with Gasteiger partial charge in [0, 0.05) is 12.2 Å². The average Bonchev–Trinajstić information content (AvgIpc) is 2.96. The zero-order valence-electron chi connectivity index (χ0n) is 21.1. The van der Waals surface area contributed by atoms with E-state index in [1.165, 1.54) is 15.5 Å². The number of H-pyrrole nitrogens is 1. The molecule has 0 bridgehead atoms. The number of aromatic amines is 1. The number of para-hydroxylation sites is 1. The molecule has 1 aliphatic rings. The van der Waals surface area contributed by atoms with E-state index in [2.05, 4.69) is 4.98 Å². The molecule has 198 valence electrons. The van der Waals surface area contributed by atoms with E-state index in [1.54, 1.807) is 24.3 Å². The number of nitrogens with zero attached hydrogens (tertiary/aromatic N) is 2. The summed E-state index contributed by atoms with van der Waals surface area (Å²) in [5.74, 6) is 0.979. The lowest BCUT2D eigenvalue weighted by Crippen LogP contribution is -2.34. The number of carbonyl (C=O) groups is 1. The Balaban J connectivity index is 1.41. The lowest BCUT2D eigenvalue weighted by Gasteiger charge is -2.29. The van der Waals surface area contributed by atoms with Crippen LogP contribution in [0.3, 0.4) is 0 Å². The third kappa shape index (κ3) is 6.10. The molecular formula is C30H27N3O5S. The normalized spacial score (nSPS) is 14.3. The van der Waals surface area contributed by atoms with Crippen molar-refractivity contribution >= 4 is 24.4 Å². The second kappa shape index (κ2) is 11.8. The number of allylic oxidation sites excluding steroid dienone is 1. The van der Waals surface area contributed by atoms with Gasteiger partial charge >= 0.3 is 6.09 Å². The minimum absolute atomic E-state index is 0.00553. The van der Waals surface area contributed by atoms with Gasteiger partial charge in [0.25, 0.3) is 5.56 Å². The number of carbonyl (C=O) groups excluding carboxylic acids is 1. The number of benzene rings is 3. The molecule has 0 aliphatic carbocycles. The van der Waals surface area contributed by atoms with Crippen molar-refractivity contribution in [1.29, 1.82) is 0 Å². The van der Waals surface area contributed by atoms with Gasteiger partial charge in [-0.2, -0.15) is 0 Å².